The van der Waals surface area contributed by atoms with Crippen LogP contribution < -0.4 is 10.1 Å². The second-order valence-electron chi connectivity index (χ2n) is 4.80. The van der Waals surface area contributed by atoms with Crippen molar-refractivity contribution in [2.75, 3.05) is 20.3 Å². The number of hydrogen-bond donors (Lipinski definition) is 1. The summed E-state index contributed by atoms with van der Waals surface area (Å²) in [6, 6.07) is 0.485. The first-order chi connectivity index (χ1) is 9.78. The van der Waals surface area contributed by atoms with Crippen molar-refractivity contribution in [1.29, 1.82) is 0 Å². The zero-order chi connectivity index (χ0) is 13.9. The minimum absolute atomic E-state index is 0.485. The molecule has 0 saturated carbocycles. The number of nitrogens with one attached hydrogen (secondary N) is 1. The highest BCUT2D eigenvalue weighted by molar-refractivity contribution is 9.10. The molecule has 0 atom stereocenters. The average molecular weight is 341 g/mol. The fourth-order valence-electron chi connectivity index (χ4n) is 2.41. The molecule has 0 radical (unpaired) electrons. The zero-order valence-corrected chi connectivity index (χ0v) is 12.9. The van der Waals surface area contributed by atoms with Crippen LogP contribution in [-0.4, -0.2) is 41.0 Å². The number of halogens is 1. The lowest BCUT2D eigenvalue weighted by atomic mass is 10.1. The second-order valence-corrected chi connectivity index (χ2v) is 5.71. The smallest absolute Gasteiger partial charge is 0.239 e. The predicted octanol–water partition coefficient (Wildman–Crippen LogP) is 1.77. The summed E-state index contributed by atoms with van der Waals surface area (Å²) in [6.45, 7) is 2.36. The van der Waals surface area contributed by atoms with E-state index in [0.717, 1.165) is 41.7 Å². The van der Waals surface area contributed by atoms with E-state index in [2.05, 4.69) is 31.3 Å². The van der Waals surface area contributed by atoms with Crippen molar-refractivity contribution >= 4 is 21.6 Å². The molecule has 0 amide bonds. The van der Waals surface area contributed by atoms with Crippen molar-refractivity contribution in [2.45, 2.75) is 25.4 Å². The minimum Gasteiger partial charge on any atom is -0.480 e. The molecule has 1 saturated heterocycles. The Morgan fingerprint density at radius 3 is 3.05 bits per heavy atom. The van der Waals surface area contributed by atoms with E-state index in [-0.39, 0.29) is 0 Å². The maximum absolute atomic E-state index is 5.37. The Morgan fingerprint density at radius 2 is 2.30 bits per heavy atom. The summed E-state index contributed by atoms with van der Waals surface area (Å²) < 4.78 is 13.4. The Balaban J connectivity index is 1.81. The zero-order valence-electron chi connectivity index (χ0n) is 11.3. The van der Waals surface area contributed by atoms with Crippen LogP contribution in [0.2, 0.25) is 0 Å². The Kier molecular flexibility index (Phi) is 4.18. The SMILES string of the molecule is COc1nn2cc(Br)cnc2c1CNC1CCOCC1. The first-order valence-electron chi connectivity index (χ1n) is 6.66. The molecule has 3 rings (SSSR count). The van der Waals surface area contributed by atoms with Crippen molar-refractivity contribution in [3.63, 3.8) is 0 Å². The molecule has 1 N–H and O–H groups in total. The van der Waals surface area contributed by atoms with Crippen LogP contribution in [0.25, 0.3) is 5.65 Å². The molecule has 6 nitrogen and oxygen atoms in total. The van der Waals surface area contributed by atoms with E-state index >= 15 is 0 Å². The van der Waals surface area contributed by atoms with Crippen LogP contribution in [0.5, 0.6) is 5.88 Å². The number of methoxy groups -OCH3 is 1. The molecule has 1 aliphatic heterocycles. The van der Waals surface area contributed by atoms with Crippen molar-refractivity contribution in [2.24, 2.45) is 0 Å². The molecule has 1 aliphatic rings. The molecule has 0 unspecified atom stereocenters. The van der Waals surface area contributed by atoms with Crippen LogP contribution in [0.4, 0.5) is 0 Å². The van der Waals surface area contributed by atoms with Crippen LogP contribution in [0.15, 0.2) is 16.9 Å². The van der Waals surface area contributed by atoms with Gasteiger partial charge >= 0.3 is 0 Å². The third-order valence-electron chi connectivity index (χ3n) is 3.48. The van der Waals surface area contributed by atoms with Gasteiger partial charge in [0.2, 0.25) is 5.88 Å². The highest BCUT2D eigenvalue weighted by Crippen LogP contribution is 2.22. The van der Waals surface area contributed by atoms with E-state index in [1.165, 1.54) is 0 Å². The summed E-state index contributed by atoms with van der Waals surface area (Å²) in [4.78, 5) is 4.42. The van der Waals surface area contributed by atoms with Crippen LogP contribution in [0.3, 0.4) is 0 Å². The van der Waals surface area contributed by atoms with Crippen molar-refractivity contribution in [1.82, 2.24) is 19.9 Å². The van der Waals surface area contributed by atoms with Crippen molar-refractivity contribution in [3.8, 4) is 5.88 Å². The summed E-state index contributed by atoms with van der Waals surface area (Å²) in [5.41, 5.74) is 1.82. The molecule has 0 aliphatic carbocycles. The maximum Gasteiger partial charge on any atom is 0.239 e. The number of fused-ring (bicyclic) bond motifs is 1. The van der Waals surface area contributed by atoms with E-state index in [1.54, 1.807) is 17.8 Å². The first-order valence-corrected chi connectivity index (χ1v) is 7.45. The molecular weight excluding hydrogens is 324 g/mol. The lowest BCUT2D eigenvalue weighted by molar-refractivity contribution is 0.0776. The quantitative estimate of drug-likeness (QED) is 0.919. The van der Waals surface area contributed by atoms with Gasteiger partial charge in [-0.05, 0) is 28.8 Å². The van der Waals surface area contributed by atoms with Crippen LogP contribution in [0.1, 0.15) is 18.4 Å². The molecule has 3 heterocycles. The topological polar surface area (TPSA) is 60.7 Å². The molecule has 2 aromatic rings. The molecule has 7 heteroatoms. The highest BCUT2D eigenvalue weighted by Gasteiger charge is 2.18. The summed E-state index contributed by atoms with van der Waals surface area (Å²) in [6.07, 6.45) is 5.73. The number of hydrogen-bond acceptors (Lipinski definition) is 5. The largest absolute Gasteiger partial charge is 0.480 e. The first kappa shape index (κ1) is 13.8. The summed E-state index contributed by atoms with van der Waals surface area (Å²) >= 11 is 3.40. The summed E-state index contributed by atoms with van der Waals surface area (Å²) in [5.74, 6) is 0.621. The summed E-state index contributed by atoms with van der Waals surface area (Å²) in [5, 5.41) is 7.93. The molecule has 108 valence electrons. The second kappa shape index (κ2) is 6.07. The average Bonchev–Trinajstić information content (AvgIpc) is 2.83. The van der Waals surface area contributed by atoms with E-state index in [9.17, 15) is 0 Å². The molecule has 20 heavy (non-hydrogen) atoms. The Bertz CT molecular complexity index is 595. The third-order valence-corrected chi connectivity index (χ3v) is 3.89. The van der Waals surface area contributed by atoms with Crippen LogP contribution in [-0.2, 0) is 11.3 Å². The van der Waals surface area contributed by atoms with Crippen molar-refractivity contribution in [3.05, 3.63) is 22.4 Å². The number of nitrogens with zero attached hydrogens (tertiary/aromatic N) is 3. The van der Waals surface area contributed by atoms with Gasteiger partial charge in [0, 0.05) is 38.2 Å². The predicted molar refractivity (Wildman–Crippen MR) is 77.9 cm³/mol. The van der Waals surface area contributed by atoms with Gasteiger partial charge in [0.25, 0.3) is 0 Å². The molecule has 0 bridgehead atoms. The lowest BCUT2D eigenvalue weighted by Crippen LogP contribution is -2.34. The van der Waals surface area contributed by atoms with Gasteiger partial charge in [0.1, 0.15) is 0 Å². The van der Waals surface area contributed by atoms with Gasteiger partial charge in [-0.2, -0.15) is 0 Å². The van der Waals surface area contributed by atoms with E-state index in [4.69, 9.17) is 9.47 Å². The minimum atomic E-state index is 0.485. The fourth-order valence-corrected chi connectivity index (χ4v) is 2.70. The van der Waals surface area contributed by atoms with E-state index < -0.39 is 0 Å². The molecule has 2 aromatic heterocycles. The number of aromatic nitrogens is 3. The van der Waals surface area contributed by atoms with Gasteiger partial charge in [-0.15, -0.1) is 5.10 Å². The Morgan fingerprint density at radius 1 is 1.50 bits per heavy atom. The standard InChI is InChI=1S/C13H17BrN4O2/c1-19-13-11(7-15-10-2-4-20-5-3-10)12-16-6-9(14)8-18(12)17-13/h6,8,10,15H,2-5,7H2,1H3. The van der Waals surface area contributed by atoms with Crippen LogP contribution in [0, 0.1) is 0 Å². The number of rotatable bonds is 4. The van der Waals surface area contributed by atoms with Gasteiger partial charge in [-0.3, -0.25) is 0 Å². The Labute approximate surface area is 125 Å². The number of ether oxygens (including phenoxy) is 2. The lowest BCUT2D eigenvalue weighted by Gasteiger charge is -2.23. The van der Waals surface area contributed by atoms with Gasteiger partial charge < -0.3 is 14.8 Å². The highest BCUT2D eigenvalue weighted by atomic mass is 79.9. The van der Waals surface area contributed by atoms with Gasteiger partial charge in [-0.1, -0.05) is 0 Å². The fraction of sp³-hybridized carbons (Fsp3) is 0.538. The van der Waals surface area contributed by atoms with Gasteiger partial charge in [0.15, 0.2) is 5.65 Å². The van der Waals surface area contributed by atoms with Crippen LogP contribution >= 0.6 is 15.9 Å². The van der Waals surface area contributed by atoms with E-state index in [0.29, 0.717) is 18.5 Å². The normalized spacial score (nSPS) is 16.7. The summed E-state index contributed by atoms with van der Waals surface area (Å²) in [7, 11) is 1.63. The third kappa shape index (κ3) is 2.79. The molecular formula is C13H17BrN4O2. The molecule has 1 fully saturated rings. The Hall–Kier alpha value is -1.18. The monoisotopic (exact) mass is 340 g/mol. The van der Waals surface area contributed by atoms with Gasteiger partial charge in [0.05, 0.1) is 17.1 Å². The maximum atomic E-state index is 5.37. The molecule has 0 spiro atoms. The van der Waals surface area contributed by atoms with Crippen molar-refractivity contribution < 1.29 is 9.47 Å². The molecule has 0 aromatic carbocycles. The van der Waals surface area contributed by atoms with E-state index in [1.807, 2.05) is 6.20 Å². The van der Waals surface area contributed by atoms with Gasteiger partial charge in [-0.25, -0.2) is 9.50 Å².